The lowest BCUT2D eigenvalue weighted by Crippen LogP contribution is -2.14. The van der Waals surface area contributed by atoms with E-state index in [1.54, 1.807) is 0 Å². The van der Waals surface area contributed by atoms with Crippen molar-refractivity contribution >= 4 is 15.9 Å². The van der Waals surface area contributed by atoms with Crippen LogP contribution in [0.1, 0.15) is 12.8 Å². The Labute approximate surface area is 71.8 Å². The monoisotopic (exact) mass is 195 g/mol. The van der Waals surface area contributed by atoms with Gasteiger partial charge in [-0.1, -0.05) is 0 Å². The van der Waals surface area contributed by atoms with Crippen molar-refractivity contribution in [1.82, 2.24) is 0 Å². The highest BCUT2D eigenvalue weighted by Crippen LogP contribution is 1.94. The number of ether oxygens (including phenoxy) is 1. The lowest BCUT2D eigenvalue weighted by atomic mass is 10.4. The number of hydrogen-bond donors (Lipinski definition) is 1. The van der Waals surface area contributed by atoms with Crippen LogP contribution in [-0.4, -0.2) is 33.1 Å². The molecule has 0 atom stereocenters. The molecule has 72 valence electrons. The molecule has 0 saturated carbocycles. The Morgan fingerprint density at radius 1 is 1.42 bits per heavy atom. The number of amides is 1. The van der Waals surface area contributed by atoms with E-state index in [9.17, 15) is 13.2 Å². The van der Waals surface area contributed by atoms with E-state index < -0.39 is 15.9 Å². The van der Waals surface area contributed by atoms with Gasteiger partial charge in [-0.25, -0.2) is 13.2 Å². The molecule has 0 aliphatic carbocycles. The largest absolute Gasteiger partial charge is 0.450 e. The van der Waals surface area contributed by atoms with Crippen LogP contribution in [0.2, 0.25) is 0 Å². The van der Waals surface area contributed by atoms with Crippen molar-refractivity contribution in [2.45, 2.75) is 12.8 Å². The second-order valence-electron chi connectivity index (χ2n) is 2.50. The van der Waals surface area contributed by atoms with Crippen molar-refractivity contribution in [3.63, 3.8) is 0 Å². The van der Waals surface area contributed by atoms with Gasteiger partial charge in [-0.15, -0.1) is 0 Å². The van der Waals surface area contributed by atoms with Gasteiger partial charge in [-0.3, -0.25) is 0 Å². The van der Waals surface area contributed by atoms with Crippen LogP contribution in [0.3, 0.4) is 0 Å². The minimum Gasteiger partial charge on any atom is -0.450 e. The first-order chi connectivity index (χ1) is 5.42. The van der Waals surface area contributed by atoms with Crippen LogP contribution in [0, 0.1) is 0 Å². The second kappa shape index (κ2) is 4.97. The van der Waals surface area contributed by atoms with Crippen LogP contribution >= 0.6 is 0 Å². The molecule has 0 aliphatic heterocycles. The van der Waals surface area contributed by atoms with Crippen molar-refractivity contribution in [1.29, 1.82) is 0 Å². The summed E-state index contributed by atoms with van der Waals surface area (Å²) >= 11 is 0. The molecule has 0 bridgehead atoms. The third kappa shape index (κ3) is 9.22. The standard InChI is InChI=1S/C6H13NO4S/c1-12(9,10)5-3-2-4-11-6(7)8/h2-5H2,1H3,(H2,7,8). The summed E-state index contributed by atoms with van der Waals surface area (Å²) in [6.07, 6.45) is 1.36. The van der Waals surface area contributed by atoms with Crippen LogP contribution < -0.4 is 5.73 Å². The second-order valence-corrected chi connectivity index (χ2v) is 4.76. The number of sulfone groups is 1. The van der Waals surface area contributed by atoms with Crippen molar-refractivity contribution in [2.75, 3.05) is 18.6 Å². The van der Waals surface area contributed by atoms with Gasteiger partial charge in [0.05, 0.1) is 12.4 Å². The maximum Gasteiger partial charge on any atom is 0.404 e. The van der Waals surface area contributed by atoms with Crippen molar-refractivity contribution in [3.05, 3.63) is 0 Å². The van der Waals surface area contributed by atoms with Gasteiger partial charge in [-0.05, 0) is 12.8 Å². The van der Waals surface area contributed by atoms with E-state index in [4.69, 9.17) is 0 Å². The Hall–Kier alpha value is -0.780. The highest BCUT2D eigenvalue weighted by Gasteiger charge is 2.01. The zero-order valence-corrected chi connectivity index (χ0v) is 7.76. The first-order valence-corrected chi connectivity index (χ1v) is 5.58. The van der Waals surface area contributed by atoms with Gasteiger partial charge in [0.2, 0.25) is 0 Å². The molecule has 0 fully saturated rings. The first-order valence-electron chi connectivity index (χ1n) is 3.52. The first kappa shape index (κ1) is 11.2. The Morgan fingerprint density at radius 2 is 2.00 bits per heavy atom. The van der Waals surface area contributed by atoms with Crippen molar-refractivity contribution in [2.24, 2.45) is 5.73 Å². The van der Waals surface area contributed by atoms with Gasteiger partial charge in [0.15, 0.2) is 0 Å². The van der Waals surface area contributed by atoms with Gasteiger partial charge in [0, 0.05) is 6.26 Å². The average molecular weight is 195 g/mol. The molecule has 0 heterocycles. The van der Waals surface area contributed by atoms with Gasteiger partial charge in [0.25, 0.3) is 0 Å². The van der Waals surface area contributed by atoms with E-state index in [1.165, 1.54) is 6.26 Å². The molecule has 0 saturated heterocycles. The molecule has 12 heavy (non-hydrogen) atoms. The molecule has 0 aromatic heterocycles. The normalized spacial score (nSPS) is 11.1. The molecule has 0 aliphatic rings. The number of primary amides is 1. The molecular formula is C6H13NO4S. The third-order valence-electron chi connectivity index (χ3n) is 1.15. The van der Waals surface area contributed by atoms with Gasteiger partial charge in [0.1, 0.15) is 9.84 Å². The fourth-order valence-electron chi connectivity index (χ4n) is 0.639. The number of unbranched alkanes of at least 4 members (excludes halogenated alkanes) is 1. The number of hydrogen-bond acceptors (Lipinski definition) is 4. The van der Waals surface area contributed by atoms with E-state index in [0.717, 1.165) is 0 Å². The lowest BCUT2D eigenvalue weighted by molar-refractivity contribution is 0.155. The Bertz CT molecular complexity index is 234. The Kier molecular flexibility index (Phi) is 4.65. The Balaban J connectivity index is 3.29. The van der Waals surface area contributed by atoms with E-state index in [2.05, 4.69) is 10.5 Å². The molecule has 6 heteroatoms. The third-order valence-corrected chi connectivity index (χ3v) is 2.18. The molecule has 0 spiro atoms. The van der Waals surface area contributed by atoms with Crippen LogP contribution in [0.4, 0.5) is 4.79 Å². The maximum atomic E-state index is 10.6. The quantitative estimate of drug-likeness (QED) is 0.621. The molecule has 5 nitrogen and oxygen atoms in total. The van der Waals surface area contributed by atoms with Crippen molar-refractivity contribution < 1.29 is 17.9 Å². The molecule has 0 aromatic carbocycles. The number of rotatable bonds is 5. The van der Waals surface area contributed by atoms with Crippen molar-refractivity contribution in [3.8, 4) is 0 Å². The zero-order valence-electron chi connectivity index (χ0n) is 6.95. The van der Waals surface area contributed by atoms with E-state index >= 15 is 0 Å². The summed E-state index contributed by atoms with van der Waals surface area (Å²) in [7, 11) is -2.90. The highest BCUT2D eigenvalue weighted by molar-refractivity contribution is 7.90. The molecule has 0 aromatic rings. The van der Waals surface area contributed by atoms with Crippen LogP contribution in [-0.2, 0) is 14.6 Å². The van der Waals surface area contributed by atoms with Crippen LogP contribution in [0.15, 0.2) is 0 Å². The lowest BCUT2D eigenvalue weighted by Gasteiger charge is -1.99. The van der Waals surface area contributed by atoms with Gasteiger partial charge < -0.3 is 10.5 Å². The fraction of sp³-hybridized carbons (Fsp3) is 0.833. The summed E-state index contributed by atoms with van der Waals surface area (Å²) in [6, 6.07) is 0. The van der Waals surface area contributed by atoms with Gasteiger partial charge in [-0.2, -0.15) is 0 Å². The maximum absolute atomic E-state index is 10.6. The predicted octanol–water partition coefficient (Wildman–Crippen LogP) is -0.0935. The summed E-state index contributed by atoms with van der Waals surface area (Å²) in [5.74, 6) is 0.120. The molecule has 0 radical (unpaired) electrons. The molecule has 2 N–H and O–H groups in total. The average Bonchev–Trinajstić information content (AvgIpc) is 1.83. The molecule has 1 amide bonds. The Morgan fingerprint density at radius 3 is 2.42 bits per heavy atom. The number of carbonyl (C=O) groups excluding carboxylic acids is 1. The number of nitrogens with two attached hydrogens (primary N) is 1. The summed E-state index contributed by atoms with van der Waals surface area (Å²) in [5, 5.41) is 0. The zero-order chi connectivity index (χ0) is 9.61. The predicted molar refractivity (Wildman–Crippen MR) is 44.5 cm³/mol. The fourth-order valence-corrected chi connectivity index (χ4v) is 1.37. The summed E-state index contributed by atoms with van der Waals surface area (Å²) in [4.78, 5) is 10.0. The minimum atomic E-state index is -2.90. The summed E-state index contributed by atoms with van der Waals surface area (Å²) < 4.78 is 25.6. The van der Waals surface area contributed by atoms with E-state index in [-0.39, 0.29) is 12.4 Å². The van der Waals surface area contributed by atoms with Crippen LogP contribution in [0.5, 0.6) is 0 Å². The van der Waals surface area contributed by atoms with Crippen LogP contribution in [0.25, 0.3) is 0 Å². The molecular weight excluding hydrogens is 182 g/mol. The summed E-state index contributed by atoms with van der Waals surface area (Å²) in [6.45, 7) is 0.185. The SMILES string of the molecule is CS(=O)(=O)CCCCOC(N)=O. The number of carbonyl (C=O) groups is 1. The minimum absolute atomic E-state index is 0.120. The van der Waals surface area contributed by atoms with E-state index in [0.29, 0.717) is 12.8 Å². The summed E-state index contributed by atoms with van der Waals surface area (Å²) in [5.41, 5.74) is 4.68. The topological polar surface area (TPSA) is 86.5 Å². The highest BCUT2D eigenvalue weighted by atomic mass is 32.2. The van der Waals surface area contributed by atoms with E-state index in [1.807, 2.05) is 0 Å². The van der Waals surface area contributed by atoms with Gasteiger partial charge >= 0.3 is 6.09 Å². The smallest absolute Gasteiger partial charge is 0.404 e. The molecule has 0 rings (SSSR count). The molecule has 0 unspecified atom stereocenters.